The number of nitrogens with zero attached hydrogens (tertiary/aromatic N) is 4. The number of carbonyl (C=O) groups is 1. The Labute approximate surface area is 126 Å². The molecule has 7 nitrogen and oxygen atoms in total. The minimum atomic E-state index is -0.463. The number of aryl methyl sites for hydroxylation is 2. The van der Waals surface area contributed by atoms with Crippen molar-refractivity contribution in [2.75, 3.05) is 5.32 Å². The van der Waals surface area contributed by atoms with E-state index in [1.165, 1.54) is 18.6 Å². The molecular formula is C15H13N5O2. The average Bonchev–Trinajstić information content (AvgIpc) is 3.01. The van der Waals surface area contributed by atoms with Gasteiger partial charge in [0.15, 0.2) is 0 Å². The fourth-order valence-corrected chi connectivity index (χ4v) is 1.96. The van der Waals surface area contributed by atoms with Crippen molar-refractivity contribution in [3.63, 3.8) is 0 Å². The quantitative estimate of drug-likeness (QED) is 0.797. The lowest BCUT2D eigenvalue weighted by Crippen LogP contribution is -2.13. The van der Waals surface area contributed by atoms with Crippen LogP contribution in [0.25, 0.3) is 11.5 Å². The van der Waals surface area contributed by atoms with Crippen LogP contribution in [0.1, 0.15) is 21.8 Å². The van der Waals surface area contributed by atoms with Gasteiger partial charge in [-0.15, -0.1) is 0 Å². The Hall–Kier alpha value is -3.09. The lowest BCUT2D eigenvalue weighted by molar-refractivity contribution is 0.0981. The molecule has 0 atom stereocenters. The second-order valence-corrected chi connectivity index (χ2v) is 4.79. The van der Waals surface area contributed by atoms with Crippen LogP contribution in [0.4, 0.5) is 5.69 Å². The topological polar surface area (TPSA) is 93.8 Å². The van der Waals surface area contributed by atoms with Crippen LogP contribution in [0, 0.1) is 13.8 Å². The van der Waals surface area contributed by atoms with Gasteiger partial charge in [-0.2, -0.15) is 4.98 Å². The molecule has 0 saturated carbocycles. The van der Waals surface area contributed by atoms with Crippen LogP contribution in [0.2, 0.25) is 0 Å². The summed E-state index contributed by atoms with van der Waals surface area (Å²) in [6, 6.07) is 5.73. The number of hydrogen-bond acceptors (Lipinski definition) is 6. The molecule has 1 amide bonds. The predicted octanol–water partition coefficient (Wildman–Crippen LogP) is 2.40. The molecule has 22 heavy (non-hydrogen) atoms. The molecule has 0 unspecified atom stereocenters. The van der Waals surface area contributed by atoms with Gasteiger partial charge in [0, 0.05) is 18.1 Å². The highest BCUT2D eigenvalue weighted by atomic mass is 16.5. The highest BCUT2D eigenvalue weighted by Gasteiger charge is 2.17. The van der Waals surface area contributed by atoms with Crippen LogP contribution < -0.4 is 5.32 Å². The summed E-state index contributed by atoms with van der Waals surface area (Å²) in [4.78, 5) is 24.2. The van der Waals surface area contributed by atoms with E-state index in [0.717, 1.165) is 11.1 Å². The molecule has 3 rings (SSSR count). The third-order valence-electron chi connectivity index (χ3n) is 3.04. The largest absolute Gasteiger partial charge is 0.328 e. The fraction of sp³-hybridized carbons (Fsp3) is 0.133. The van der Waals surface area contributed by atoms with Crippen molar-refractivity contribution in [3.05, 3.63) is 53.8 Å². The van der Waals surface area contributed by atoms with E-state index >= 15 is 0 Å². The summed E-state index contributed by atoms with van der Waals surface area (Å²) in [7, 11) is 0. The predicted molar refractivity (Wildman–Crippen MR) is 79.2 cm³/mol. The highest BCUT2D eigenvalue weighted by molar-refractivity contribution is 6.01. The smallest absolute Gasteiger partial charge is 0.316 e. The van der Waals surface area contributed by atoms with Crippen molar-refractivity contribution in [3.8, 4) is 11.5 Å². The summed E-state index contributed by atoms with van der Waals surface area (Å²) in [5, 5.41) is 6.48. The summed E-state index contributed by atoms with van der Waals surface area (Å²) in [5.74, 6) is -0.367. The summed E-state index contributed by atoms with van der Waals surface area (Å²) >= 11 is 0. The fourth-order valence-electron chi connectivity index (χ4n) is 1.96. The number of amides is 1. The summed E-state index contributed by atoms with van der Waals surface area (Å²) in [6.45, 7) is 3.91. The third kappa shape index (κ3) is 2.83. The standard InChI is InChI=1S/C15H13N5O2/c1-9-3-4-11(10(2)7-9)18-14(21)15-19-13(20-22-15)12-8-16-5-6-17-12/h3-8H,1-2H3,(H,18,21). The first kappa shape index (κ1) is 13.9. The van der Waals surface area contributed by atoms with Crippen LogP contribution in [0.15, 0.2) is 41.3 Å². The number of benzene rings is 1. The Bertz CT molecular complexity index is 814. The van der Waals surface area contributed by atoms with Crippen LogP contribution in [0.5, 0.6) is 0 Å². The molecule has 0 aliphatic carbocycles. The van der Waals surface area contributed by atoms with E-state index in [4.69, 9.17) is 4.52 Å². The van der Waals surface area contributed by atoms with Crippen molar-refractivity contribution < 1.29 is 9.32 Å². The lowest BCUT2D eigenvalue weighted by atomic mass is 10.1. The van der Waals surface area contributed by atoms with Gasteiger partial charge in [-0.05, 0) is 25.5 Å². The van der Waals surface area contributed by atoms with E-state index in [0.29, 0.717) is 11.4 Å². The van der Waals surface area contributed by atoms with Gasteiger partial charge in [0.1, 0.15) is 5.69 Å². The van der Waals surface area contributed by atoms with Crippen LogP contribution in [0.3, 0.4) is 0 Å². The highest BCUT2D eigenvalue weighted by Crippen LogP contribution is 2.17. The van der Waals surface area contributed by atoms with E-state index in [9.17, 15) is 4.79 Å². The van der Waals surface area contributed by atoms with Crippen LogP contribution in [-0.2, 0) is 0 Å². The molecule has 3 aromatic rings. The lowest BCUT2D eigenvalue weighted by Gasteiger charge is -2.06. The summed E-state index contributed by atoms with van der Waals surface area (Å²) < 4.78 is 4.98. The van der Waals surface area contributed by atoms with Gasteiger partial charge in [0.05, 0.1) is 6.20 Å². The minimum absolute atomic E-state index is 0.124. The average molecular weight is 295 g/mol. The molecule has 0 aliphatic heterocycles. The molecule has 2 aromatic heterocycles. The van der Waals surface area contributed by atoms with E-state index in [1.807, 2.05) is 32.0 Å². The molecule has 0 radical (unpaired) electrons. The number of carbonyl (C=O) groups excluding carboxylic acids is 1. The van der Waals surface area contributed by atoms with Crippen molar-refractivity contribution in [2.24, 2.45) is 0 Å². The SMILES string of the molecule is Cc1ccc(NC(=O)c2nc(-c3cnccn3)no2)c(C)c1. The monoisotopic (exact) mass is 295 g/mol. The van der Waals surface area contributed by atoms with Gasteiger partial charge in [-0.1, -0.05) is 22.9 Å². The third-order valence-corrected chi connectivity index (χ3v) is 3.04. The molecule has 0 aliphatic rings. The van der Waals surface area contributed by atoms with Gasteiger partial charge in [0.25, 0.3) is 0 Å². The van der Waals surface area contributed by atoms with Crippen molar-refractivity contribution in [2.45, 2.75) is 13.8 Å². The zero-order chi connectivity index (χ0) is 15.5. The molecule has 1 N–H and O–H groups in total. The van der Waals surface area contributed by atoms with Gasteiger partial charge >= 0.3 is 11.8 Å². The minimum Gasteiger partial charge on any atom is -0.328 e. The van der Waals surface area contributed by atoms with Gasteiger partial charge in [0.2, 0.25) is 5.82 Å². The van der Waals surface area contributed by atoms with Crippen molar-refractivity contribution in [1.82, 2.24) is 20.1 Å². The maximum absolute atomic E-state index is 12.2. The molecule has 0 saturated heterocycles. The van der Waals surface area contributed by atoms with Gasteiger partial charge in [-0.25, -0.2) is 4.98 Å². The Balaban J connectivity index is 1.80. The molecule has 1 aromatic carbocycles. The van der Waals surface area contributed by atoms with Crippen molar-refractivity contribution >= 4 is 11.6 Å². The Kier molecular flexibility index (Phi) is 3.61. The summed E-state index contributed by atoms with van der Waals surface area (Å²) in [5.41, 5.74) is 3.23. The molecule has 7 heteroatoms. The Morgan fingerprint density at radius 1 is 1.23 bits per heavy atom. The zero-order valence-electron chi connectivity index (χ0n) is 12.1. The van der Waals surface area contributed by atoms with Crippen LogP contribution >= 0.6 is 0 Å². The first-order valence-electron chi connectivity index (χ1n) is 6.62. The molecule has 110 valence electrons. The molecule has 0 spiro atoms. The second kappa shape index (κ2) is 5.72. The molecule has 0 fully saturated rings. The molecular weight excluding hydrogens is 282 g/mol. The Morgan fingerprint density at radius 2 is 2.09 bits per heavy atom. The van der Waals surface area contributed by atoms with Gasteiger partial charge in [-0.3, -0.25) is 9.78 Å². The zero-order valence-corrected chi connectivity index (χ0v) is 12.1. The normalized spacial score (nSPS) is 10.5. The maximum Gasteiger partial charge on any atom is 0.316 e. The van der Waals surface area contributed by atoms with Crippen LogP contribution in [-0.4, -0.2) is 26.0 Å². The molecule has 2 heterocycles. The summed E-state index contributed by atoms with van der Waals surface area (Å²) in [6.07, 6.45) is 4.55. The Morgan fingerprint density at radius 3 is 2.82 bits per heavy atom. The first-order valence-corrected chi connectivity index (χ1v) is 6.62. The van der Waals surface area contributed by atoms with Crippen molar-refractivity contribution in [1.29, 1.82) is 0 Å². The van der Waals surface area contributed by atoms with Gasteiger partial charge < -0.3 is 9.84 Å². The number of aromatic nitrogens is 4. The molecule has 0 bridgehead atoms. The van der Waals surface area contributed by atoms with E-state index in [1.54, 1.807) is 0 Å². The van der Waals surface area contributed by atoms with E-state index in [-0.39, 0.29) is 11.7 Å². The maximum atomic E-state index is 12.2. The number of rotatable bonds is 3. The number of anilines is 1. The number of hydrogen-bond donors (Lipinski definition) is 1. The number of nitrogens with one attached hydrogen (secondary N) is 1. The first-order chi connectivity index (χ1) is 10.6. The van der Waals surface area contributed by atoms with E-state index < -0.39 is 5.91 Å². The van der Waals surface area contributed by atoms with E-state index in [2.05, 4.69) is 25.4 Å². The second-order valence-electron chi connectivity index (χ2n) is 4.79.